The molecular formula is C17H20N2O6. The minimum Gasteiger partial charge on any atom is -0.465 e. The van der Waals surface area contributed by atoms with Crippen LogP contribution in [0.5, 0.6) is 5.75 Å². The third-order valence-electron chi connectivity index (χ3n) is 3.71. The lowest BCUT2D eigenvalue weighted by Gasteiger charge is -2.31. The number of ether oxygens (including phenoxy) is 3. The molecular weight excluding hydrogens is 328 g/mol. The summed E-state index contributed by atoms with van der Waals surface area (Å²) in [5.41, 5.74) is 11.6. The molecule has 0 saturated heterocycles. The van der Waals surface area contributed by atoms with Crippen LogP contribution in [0.2, 0.25) is 0 Å². The van der Waals surface area contributed by atoms with E-state index >= 15 is 0 Å². The van der Waals surface area contributed by atoms with Gasteiger partial charge in [-0.3, -0.25) is 9.59 Å². The summed E-state index contributed by atoms with van der Waals surface area (Å²) < 4.78 is 15.2. The number of fused-ring (bicyclic) bond motifs is 1. The Morgan fingerprint density at radius 2 is 1.72 bits per heavy atom. The highest BCUT2D eigenvalue weighted by atomic mass is 16.6. The Morgan fingerprint density at radius 3 is 2.32 bits per heavy atom. The fourth-order valence-electron chi connectivity index (χ4n) is 2.74. The summed E-state index contributed by atoms with van der Waals surface area (Å²) >= 11 is 0. The number of nitrogens with two attached hydrogens (primary N) is 2. The minimum atomic E-state index is -1.41. The van der Waals surface area contributed by atoms with Gasteiger partial charge in [0.05, 0.1) is 18.8 Å². The van der Waals surface area contributed by atoms with Crippen molar-refractivity contribution in [1.82, 2.24) is 0 Å². The van der Waals surface area contributed by atoms with Crippen molar-refractivity contribution in [2.24, 2.45) is 17.4 Å². The Hall–Kier alpha value is -3.03. The Kier molecular flexibility index (Phi) is 5.63. The first-order chi connectivity index (χ1) is 11.9. The number of benzene rings is 1. The van der Waals surface area contributed by atoms with Crippen molar-refractivity contribution in [3.05, 3.63) is 41.2 Å². The van der Waals surface area contributed by atoms with Gasteiger partial charge >= 0.3 is 17.9 Å². The third-order valence-corrected chi connectivity index (χ3v) is 3.71. The lowest BCUT2D eigenvalue weighted by atomic mass is 9.78. The molecule has 134 valence electrons. The van der Waals surface area contributed by atoms with Crippen LogP contribution in [0.25, 0.3) is 0 Å². The van der Waals surface area contributed by atoms with E-state index in [-0.39, 0.29) is 30.4 Å². The van der Waals surface area contributed by atoms with Crippen LogP contribution in [0.4, 0.5) is 0 Å². The summed E-state index contributed by atoms with van der Waals surface area (Å²) in [5, 5.41) is 0. The van der Waals surface area contributed by atoms with Crippen molar-refractivity contribution in [3.63, 3.8) is 0 Å². The summed E-state index contributed by atoms with van der Waals surface area (Å²) in [6, 6.07) is 6.52. The number of carbonyl (C=O) groups is 3. The maximum absolute atomic E-state index is 12.4. The molecule has 8 nitrogen and oxygen atoms in total. The maximum Gasteiger partial charge on any atom is 0.338 e. The van der Waals surface area contributed by atoms with Gasteiger partial charge in [-0.2, -0.15) is 0 Å². The van der Waals surface area contributed by atoms with E-state index in [1.165, 1.54) is 0 Å². The zero-order chi connectivity index (χ0) is 18.6. The fraction of sp³-hybridized carbons (Fsp3) is 0.353. The van der Waals surface area contributed by atoms with Crippen LogP contribution in [0.3, 0.4) is 0 Å². The van der Waals surface area contributed by atoms with Gasteiger partial charge in [0.1, 0.15) is 11.6 Å². The summed E-state index contributed by atoms with van der Waals surface area (Å²) in [6.07, 6.45) is 0. The quantitative estimate of drug-likeness (QED) is 0.341. The van der Waals surface area contributed by atoms with Crippen LogP contribution in [-0.4, -0.2) is 31.1 Å². The summed E-state index contributed by atoms with van der Waals surface area (Å²) in [6.45, 7) is 3.37. The second-order valence-electron chi connectivity index (χ2n) is 5.26. The Balaban J connectivity index is 2.64. The van der Waals surface area contributed by atoms with E-state index < -0.39 is 29.7 Å². The zero-order valence-electron chi connectivity index (χ0n) is 14.0. The molecule has 2 atom stereocenters. The number of hydrogen-bond acceptors (Lipinski definition) is 8. The summed E-state index contributed by atoms with van der Waals surface area (Å²) in [5.74, 6) is -5.04. The van der Waals surface area contributed by atoms with Gasteiger partial charge in [-0.25, -0.2) is 4.79 Å². The van der Waals surface area contributed by atoms with Gasteiger partial charge in [-0.05, 0) is 19.9 Å². The van der Waals surface area contributed by atoms with Crippen molar-refractivity contribution in [3.8, 4) is 5.75 Å². The molecule has 0 aliphatic carbocycles. The zero-order valence-corrected chi connectivity index (χ0v) is 14.0. The first kappa shape index (κ1) is 18.3. The monoisotopic (exact) mass is 348 g/mol. The second-order valence-corrected chi connectivity index (χ2v) is 5.26. The molecule has 0 spiro atoms. The molecule has 2 unspecified atom stereocenters. The van der Waals surface area contributed by atoms with E-state index in [9.17, 15) is 14.4 Å². The van der Waals surface area contributed by atoms with E-state index in [0.717, 1.165) is 0 Å². The van der Waals surface area contributed by atoms with Crippen molar-refractivity contribution in [2.75, 3.05) is 13.2 Å². The molecule has 0 radical (unpaired) electrons. The molecule has 1 heterocycles. The van der Waals surface area contributed by atoms with E-state index in [0.29, 0.717) is 5.56 Å². The first-order valence-electron chi connectivity index (χ1n) is 7.81. The van der Waals surface area contributed by atoms with Crippen LogP contribution < -0.4 is 16.2 Å². The normalized spacial score (nSPS) is 18.6. The van der Waals surface area contributed by atoms with Crippen LogP contribution in [-0.2, 0) is 23.9 Å². The van der Waals surface area contributed by atoms with Crippen molar-refractivity contribution in [1.29, 1.82) is 0 Å². The molecule has 0 bridgehead atoms. The molecule has 0 saturated carbocycles. The molecule has 0 fully saturated rings. The van der Waals surface area contributed by atoms with Crippen LogP contribution in [0.1, 0.15) is 25.3 Å². The summed E-state index contributed by atoms with van der Waals surface area (Å²) in [4.78, 5) is 37.2. The highest BCUT2D eigenvalue weighted by Gasteiger charge is 2.48. The fourth-order valence-corrected chi connectivity index (χ4v) is 2.74. The summed E-state index contributed by atoms with van der Waals surface area (Å²) in [7, 11) is 0. The van der Waals surface area contributed by atoms with Gasteiger partial charge in [-0.1, -0.05) is 18.2 Å². The van der Waals surface area contributed by atoms with E-state index in [4.69, 9.17) is 25.7 Å². The van der Waals surface area contributed by atoms with Crippen molar-refractivity contribution < 1.29 is 28.6 Å². The smallest absolute Gasteiger partial charge is 0.338 e. The number of rotatable bonds is 5. The van der Waals surface area contributed by atoms with Gasteiger partial charge < -0.3 is 25.7 Å². The predicted octanol–water partition coefficient (Wildman–Crippen LogP) is 0.561. The van der Waals surface area contributed by atoms with Gasteiger partial charge in [0, 0.05) is 11.5 Å². The van der Waals surface area contributed by atoms with E-state index in [1.54, 1.807) is 38.1 Å². The number of hydrogen-bond donors (Lipinski definition) is 2. The van der Waals surface area contributed by atoms with Crippen molar-refractivity contribution >= 4 is 17.9 Å². The first-order valence-corrected chi connectivity index (χ1v) is 7.81. The molecule has 2 rings (SSSR count). The Labute approximate surface area is 144 Å². The Morgan fingerprint density at radius 1 is 1.08 bits per heavy atom. The number of para-hydroxylation sites is 1. The molecule has 0 amide bonds. The highest BCUT2D eigenvalue weighted by molar-refractivity contribution is 6.02. The SMILES string of the molecule is CCOC(=O)C(=C(N)N)C1c2ccccc2OC(=O)C1C(=O)OCC. The largest absolute Gasteiger partial charge is 0.465 e. The minimum absolute atomic E-state index is 0.0630. The topological polar surface area (TPSA) is 131 Å². The number of carbonyl (C=O) groups excluding carboxylic acids is 3. The lowest BCUT2D eigenvalue weighted by Crippen LogP contribution is -2.41. The molecule has 4 N–H and O–H groups in total. The molecule has 0 aromatic heterocycles. The van der Waals surface area contributed by atoms with Gasteiger partial charge in [0.15, 0.2) is 5.92 Å². The van der Waals surface area contributed by atoms with E-state index in [2.05, 4.69) is 0 Å². The second kappa shape index (κ2) is 7.69. The van der Waals surface area contributed by atoms with Crippen LogP contribution in [0.15, 0.2) is 35.7 Å². The average Bonchev–Trinajstić information content (AvgIpc) is 2.54. The maximum atomic E-state index is 12.4. The molecule has 1 aliphatic rings. The number of esters is 3. The van der Waals surface area contributed by atoms with Crippen LogP contribution in [0, 0.1) is 5.92 Å². The molecule has 8 heteroatoms. The van der Waals surface area contributed by atoms with Crippen molar-refractivity contribution in [2.45, 2.75) is 19.8 Å². The predicted molar refractivity (Wildman–Crippen MR) is 87.0 cm³/mol. The average molecular weight is 348 g/mol. The van der Waals surface area contributed by atoms with Gasteiger partial charge in [-0.15, -0.1) is 0 Å². The molecule has 1 aromatic rings. The van der Waals surface area contributed by atoms with Gasteiger partial charge in [0.25, 0.3) is 0 Å². The highest BCUT2D eigenvalue weighted by Crippen LogP contribution is 2.43. The van der Waals surface area contributed by atoms with E-state index in [1.807, 2.05) is 0 Å². The standard InChI is InChI=1S/C17H20N2O6/c1-3-23-15(20)12(14(18)19)11-9-7-5-6-8-10(9)25-17(22)13(11)16(21)24-4-2/h5-8,11,13H,3-4,18-19H2,1-2H3. The molecule has 25 heavy (non-hydrogen) atoms. The Bertz CT molecular complexity index is 724. The van der Waals surface area contributed by atoms with Crippen LogP contribution >= 0.6 is 0 Å². The lowest BCUT2D eigenvalue weighted by molar-refractivity contribution is -0.159. The third kappa shape index (κ3) is 3.57. The molecule has 1 aliphatic heterocycles. The molecule has 1 aromatic carbocycles. The van der Waals surface area contributed by atoms with Gasteiger partial charge in [0.2, 0.25) is 0 Å².